The van der Waals surface area contributed by atoms with Gasteiger partial charge in [-0.15, -0.1) is 0 Å². The van der Waals surface area contributed by atoms with E-state index in [2.05, 4.69) is 5.32 Å². The fraction of sp³-hybridized carbons (Fsp3) is 0.371. The van der Waals surface area contributed by atoms with E-state index in [-0.39, 0.29) is 54.4 Å². The van der Waals surface area contributed by atoms with Crippen molar-refractivity contribution in [3.63, 3.8) is 0 Å². The number of halogens is 3. The predicted octanol–water partition coefficient (Wildman–Crippen LogP) is 5.73. The first-order valence-electron chi connectivity index (χ1n) is 15.9. The number of ether oxygens (including phenoxy) is 1. The number of hydrogen-bond donors (Lipinski definition) is 2. The molecule has 0 spiro atoms. The summed E-state index contributed by atoms with van der Waals surface area (Å²) in [7, 11) is -3.49. The van der Waals surface area contributed by atoms with Gasteiger partial charge in [0.2, 0.25) is 0 Å². The number of pyridine rings is 1. The molecule has 1 fully saturated rings. The van der Waals surface area contributed by atoms with Crippen molar-refractivity contribution in [1.29, 1.82) is 0 Å². The minimum Gasteiger partial charge on any atom is -0.467 e. The van der Waals surface area contributed by atoms with Crippen molar-refractivity contribution in [3.05, 3.63) is 93.8 Å². The van der Waals surface area contributed by atoms with Gasteiger partial charge in [-0.05, 0) is 58.9 Å². The predicted molar refractivity (Wildman–Crippen MR) is 175 cm³/mol. The highest BCUT2D eigenvalue weighted by Crippen LogP contribution is 2.43. The summed E-state index contributed by atoms with van der Waals surface area (Å²) in [4.78, 5) is 28.0. The standard InChI is InChI=1S/C35H36F3N3O6S/c1-47-34(44)29-21-40(17-8-18-42)48(45,46)33-30(24-12-7-13-25(19-24)35(36,37)38)28(20-23-11-6-10-22-9-2-5-16-27(22)23)31(32(43)41(29)33)39-26-14-3-4-15-26/h2,5-7,9-13,16,19,26,29,39,42H,3-4,8,14-15,17-18,20-21H2,1H3. The summed E-state index contributed by atoms with van der Waals surface area (Å²) in [5, 5.41) is 14.0. The van der Waals surface area contributed by atoms with E-state index in [1.54, 1.807) is 0 Å². The molecular weight excluding hydrogens is 647 g/mol. The van der Waals surface area contributed by atoms with Crippen LogP contribution in [0.3, 0.4) is 0 Å². The van der Waals surface area contributed by atoms with Gasteiger partial charge in [0, 0.05) is 37.7 Å². The first kappa shape index (κ1) is 33.7. The smallest absolute Gasteiger partial charge is 0.416 e. The molecule has 0 bridgehead atoms. The number of carbonyl (C=O) groups is 1. The monoisotopic (exact) mass is 683 g/mol. The zero-order valence-electron chi connectivity index (χ0n) is 26.3. The number of aliphatic hydroxyl groups excluding tert-OH is 1. The lowest BCUT2D eigenvalue weighted by Gasteiger charge is -2.36. The minimum absolute atomic E-state index is 0.000115. The summed E-state index contributed by atoms with van der Waals surface area (Å²) in [5.41, 5.74) is -0.963. The number of fused-ring (bicyclic) bond motifs is 2. The van der Waals surface area contributed by atoms with Crippen LogP contribution in [-0.4, -0.2) is 61.2 Å². The van der Waals surface area contributed by atoms with Gasteiger partial charge >= 0.3 is 12.1 Å². The van der Waals surface area contributed by atoms with E-state index in [4.69, 9.17) is 4.74 Å². The van der Waals surface area contributed by atoms with Crippen molar-refractivity contribution in [2.75, 3.05) is 32.1 Å². The highest BCUT2D eigenvalue weighted by Gasteiger charge is 2.45. The number of rotatable bonds is 9. The molecule has 1 aliphatic heterocycles. The van der Waals surface area contributed by atoms with Crippen LogP contribution in [0, 0.1) is 0 Å². The molecule has 2 aliphatic rings. The summed E-state index contributed by atoms with van der Waals surface area (Å²) < 4.78 is 78.5. The van der Waals surface area contributed by atoms with Crippen molar-refractivity contribution in [2.45, 2.75) is 61.8 Å². The topological polar surface area (TPSA) is 118 Å². The molecule has 6 rings (SSSR count). The first-order valence-corrected chi connectivity index (χ1v) is 17.3. The van der Waals surface area contributed by atoms with Gasteiger partial charge in [-0.2, -0.15) is 17.5 Å². The van der Waals surface area contributed by atoms with Gasteiger partial charge in [-0.3, -0.25) is 9.36 Å². The molecule has 254 valence electrons. The molecule has 1 aromatic heterocycles. The van der Waals surface area contributed by atoms with Crippen molar-refractivity contribution >= 4 is 32.5 Å². The van der Waals surface area contributed by atoms with Gasteiger partial charge in [0.05, 0.1) is 12.7 Å². The number of benzene rings is 3. The average molecular weight is 684 g/mol. The Morgan fingerprint density at radius 2 is 1.75 bits per heavy atom. The molecule has 2 N–H and O–H groups in total. The number of nitrogens with one attached hydrogen (secondary N) is 1. The lowest BCUT2D eigenvalue weighted by Crippen LogP contribution is -2.51. The summed E-state index contributed by atoms with van der Waals surface area (Å²) in [6, 6.07) is 15.9. The molecule has 0 amide bonds. The van der Waals surface area contributed by atoms with E-state index in [1.807, 2.05) is 42.5 Å². The van der Waals surface area contributed by atoms with Crippen LogP contribution in [0.2, 0.25) is 0 Å². The zero-order chi connectivity index (χ0) is 34.2. The lowest BCUT2D eigenvalue weighted by atomic mass is 9.91. The Hall–Kier alpha value is -4.20. The van der Waals surface area contributed by atoms with E-state index >= 15 is 0 Å². The highest BCUT2D eigenvalue weighted by molar-refractivity contribution is 7.89. The first-order chi connectivity index (χ1) is 23.0. The van der Waals surface area contributed by atoms with Crippen LogP contribution in [-0.2, 0) is 32.2 Å². The number of alkyl halides is 3. The molecule has 1 atom stereocenters. The number of hydrogen-bond acceptors (Lipinski definition) is 7. The Balaban J connectivity index is 1.75. The van der Waals surface area contributed by atoms with E-state index in [0.29, 0.717) is 0 Å². The zero-order valence-corrected chi connectivity index (χ0v) is 27.1. The van der Waals surface area contributed by atoms with Crippen LogP contribution in [0.5, 0.6) is 0 Å². The number of sulfonamides is 1. The molecule has 1 saturated carbocycles. The van der Waals surface area contributed by atoms with Crippen molar-refractivity contribution in [2.24, 2.45) is 0 Å². The largest absolute Gasteiger partial charge is 0.467 e. The number of esters is 1. The number of nitrogens with zero attached hydrogens (tertiary/aromatic N) is 2. The van der Waals surface area contributed by atoms with Gasteiger partial charge in [0.15, 0.2) is 5.03 Å². The number of methoxy groups -OCH3 is 1. The average Bonchev–Trinajstić information content (AvgIpc) is 3.59. The van der Waals surface area contributed by atoms with E-state index in [0.717, 1.165) is 70.1 Å². The van der Waals surface area contributed by atoms with Crippen LogP contribution in [0.25, 0.3) is 21.9 Å². The molecule has 0 radical (unpaired) electrons. The molecule has 48 heavy (non-hydrogen) atoms. The second kappa shape index (κ2) is 13.4. The molecular formula is C35H36F3N3O6S. The van der Waals surface area contributed by atoms with Crippen LogP contribution in [0.15, 0.2) is 76.6 Å². The molecule has 0 saturated heterocycles. The summed E-state index contributed by atoms with van der Waals surface area (Å²) in [6.45, 7) is -0.989. The van der Waals surface area contributed by atoms with E-state index in [9.17, 15) is 36.3 Å². The van der Waals surface area contributed by atoms with Gasteiger partial charge in [0.25, 0.3) is 15.6 Å². The maximum atomic E-state index is 14.7. The fourth-order valence-corrected chi connectivity index (χ4v) is 8.82. The molecule has 1 aliphatic carbocycles. The third-order valence-corrected chi connectivity index (χ3v) is 11.1. The normalized spacial score (nSPS) is 18.1. The molecule has 13 heteroatoms. The minimum atomic E-state index is -4.75. The molecule has 1 unspecified atom stereocenters. The Labute approximate surface area is 276 Å². The second-order valence-electron chi connectivity index (χ2n) is 12.2. The third-order valence-electron chi connectivity index (χ3n) is 9.21. The molecule has 2 heterocycles. The summed E-state index contributed by atoms with van der Waals surface area (Å²) in [6.07, 6.45) is -1.43. The Kier molecular flexibility index (Phi) is 9.38. The Morgan fingerprint density at radius 3 is 2.46 bits per heavy atom. The highest BCUT2D eigenvalue weighted by atomic mass is 32.2. The van der Waals surface area contributed by atoms with E-state index < -0.39 is 50.9 Å². The van der Waals surface area contributed by atoms with Crippen molar-refractivity contribution in [3.8, 4) is 11.1 Å². The van der Waals surface area contributed by atoms with Gasteiger partial charge in [-0.1, -0.05) is 67.4 Å². The molecule has 9 nitrogen and oxygen atoms in total. The SMILES string of the molecule is COC(=O)C1CN(CCCO)S(=O)(=O)c2c(-c3cccc(C(F)(F)F)c3)c(Cc3cccc4ccccc34)c(NC3CCCC3)c(=O)n21. The number of carbonyl (C=O) groups excluding carboxylic acids is 1. The van der Waals surface area contributed by atoms with Crippen LogP contribution >= 0.6 is 0 Å². The van der Waals surface area contributed by atoms with Crippen molar-refractivity contribution < 1.29 is 36.2 Å². The number of aromatic nitrogens is 1. The quantitative estimate of drug-likeness (QED) is 0.216. The maximum absolute atomic E-state index is 14.7. The van der Waals surface area contributed by atoms with Crippen LogP contribution in [0.1, 0.15) is 54.8 Å². The van der Waals surface area contributed by atoms with Gasteiger partial charge in [0.1, 0.15) is 11.7 Å². The number of anilines is 1. The molecule has 4 aromatic rings. The van der Waals surface area contributed by atoms with Crippen molar-refractivity contribution in [1.82, 2.24) is 8.87 Å². The van der Waals surface area contributed by atoms with Gasteiger partial charge in [-0.25, -0.2) is 13.2 Å². The Morgan fingerprint density at radius 1 is 1.04 bits per heavy atom. The maximum Gasteiger partial charge on any atom is 0.416 e. The lowest BCUT2D eigenvalue weighted by molar-refractivity contribution is -0.145. The summed E-state index contributed by atoms with van der Waals surface area (Å²) >= 11 is 0. The van der Waals surface area contributed by atoms with Crippen LogP contribution < -0.4 is 10.9 Å². The fourth-order valence-electron chi connectivity index (χ4n) is 6.91. The number of aliphatic hydroxyl groups is 1. The summed E-state index contributed by atoms with van der Waals surface area (Å²) in [5.74, 6) is -0.883. The molecule has 3 aromatic carbocycles. The third kappa shape index (κ3) is 6.22. The Bertz CT molecular complexity index is 2020. The van der Waals surface area contributed by atoms with E-state index in [1.165, 1.54) is 12.1 Å². The van der Waals surface area contributed by atoms with Gasteiger partial charge < -0.3 is 15.2 Å². The second-order valence-corrected chi connectivity index (χ2v) is 14.1. The van der Waals surface area contributed by atoms with Crippen LogP contribution in [0.4, 0.5) is 18.9 Å².